The molecule has 0 unspecified atom stereocenters. The Hall–Kier alpha value is -2.51. The third-order valence-corrected chi connectivity index (χ3v) is 4.35. The lowest BCUT2D eigenvalue weighted by molar-refractivity contribution is -0.137. The van der Waals surface area contributed by atoms with E-state index in [0.717, 1.165) is 30.7 Å². The second-order valence-corrected chi connectivity index (χ2v) is 6.21. The number of hydrogen-bond acceptors (Lipinski definition) is 3. The SMILES string of the molecule is CCC(CC)c1cc(CNC(=NC)NCc2cccc(C(F)(F)F)c2)on1. The van der Waals surface area contributed by atoms with Crippen LogP contribution in [0.2, 0.25) is 0 Å². The Balaban J connectivity index is 1.90. The fraction of sp³-hybridized carbons (Fsp3) is 0.474. The molecule has 0 saturated heterocycles. The van der Waals surface area contributed by atoms with Crippen molar-refractivity contribution in [1.82, 2.24) is 15.8 Å². The maximum Gasteiger partial charge on any atom is 0.416 e. The molecule has 148 valence electrons. The van der Waals surface area contributed by atoms with Gasteiger partial charge in [-0.1, -0.05) is 31.1 Å². The van der Waals surface area contributed by atoms with Crippen molar-refractivity contribution >= 4 is 5.96 Å². The van der Waals surface area contributed by atoms with E-state index in [2.05, 4.69) is 34.6 Å². The van der Waals surface area contributed by atoms with Gasteiger partial charge in [0.05, 0.1) is 17.8 Å². The van der Waals surface area contributed by atoms with Crippen LogP contribution in [-0.4, -0.2) is 18.2 Å². The molecule has 0 aliphatic heterocycles. The van der Waals surface area contributed by atoms with Gasteiger partial charge in [0.1, 0.15) is 0 Å². The first-order valence-electron chi connectivity index (χ1n) is 8.93. The standard InChI is InChI=1S/C19H25F3N4O/c1-4-14(5-2)17-10-16(27-26-17)12-25-18(23-3)24-11-13-7-6-8-15(9-13)19(20,21)22/h6-10,14H,4-5,11-12H2,1-3H3,(H2,23,24,25). The second kappa shape index (κ2) is 9.43. The van der Waals surface area contributed by atoms with Crippen LogP contribution in [0.25, 0.3) is 0 Å². The molecule has 0 aliphatic carbocycles. The fourth-order valence-corrected chi connectivity index (χ4v) is 2.75. The summed E-state index contributed by atoms with van der Waals surface area (Å²) in [5.74, 6) is 1.52. The molecule has 1 aromatic carbocycles. The van der Waals surface area contributed by atoms with Crippen LogP contribution in [0.5, 0.6) is 0 Å². The van der Waals surface area contributed by atoms with Gasteiger partial charge in [0.2, 0.25) is 0 Å². The molecular formula is C19H25F3N4O. The van der Waals surface area contributed by atoms with Crippen molar-refractivity contribution < 1.29 is 17.7 Å². The van der Waals surface area contributed by atoms with Gasteiger partial charge in [-0.3, -0.25) is 4.99 Å². The minimum Gasteiger partial charge on any atom is -0.359 e. The first-order valence-corrected chi connectivity index (χ1v) is 8.93. The molecule has 0 aliphatic rings. The molecule has 27 heavy (non-hydrogen) atoms. The molecule has 1 heterocycles. The van der Waals surface area contributed by atoms with Crippen LogP contribution in [0.15, 0.2) is 39.8 Å². The number of aromatic nitrogens is 1. The molecule has 0 saturated carbocycles. The number of nitrogens with one attached hydrogen (secondary N) is 2. The van der Waals surface area contributed by atoms with Gasteiger partial charge in [-0.25, -0.2) is 0 Å². The molecule has 2 aromatic rings. The lowest BCUT2D eigenvalue weighted by Gasteiger charge is -2.12. The number of aliphatic imine (C=N–C) groups is 1. The normalized spacial score (nSPS) is 12.5. The van der Waals surface area contributed by atoms with Crippen LogP contribution in [0.4, 0.5) is 13.2 Å². The van der Waals surface area contributed by atoms with Crippen molar-refractivity contribution in [1.29, 1.82) is 0 Å². The van der Waals surface area contributed by atoms with Gasteiger partial charge in [0.25, 0.3) is 0 Å². The summed E-state index contributed by atoms with van der Waals surface area (Å²) in [6, 6.07) is 7.12. The zero-order chi connectivity index (χ0) is 19.9. The maximum atomic E-state index is 12.8. The van der Waals surface area contributed by atoms with E-state index in [1.807, 2.05) is 6.07 Å². The zero-order valence-electron chi connectivity index (χ0n) is 15.7. The number of guanidine groups is 1. The van der Waals surface area contributed by atoms with E-state index >= 15 is 0 Å². The van der Waals surface area contributed by atoms with Crippen molar-refractivity contribution in [2.45, 2.75) is 51.9 Å². The Bertz CT molecular complexity index is 751. The summed E-state index contributed by atoms with van der Waals surface area (Å²) in [6.45, 7) is 4.83. The molecule has 0 fully saturated rings. The molecule has 8 heteroatoms. The van der Waals surface area contributed by atoms with E-state index in [9.17, 15) is 13.2 Å². The summed E-state index contributed by atoms with van der Waals surface area (Å²) in [6.07, 6.45) is -2.36. The summed E-state index contributed by atoms with van der Waals surface area (Å²) in [7, 11) is 1.59. The van der Waals surface area contributed by atoms with Crippen LogP contribution in [0, 0.1) is 0 Å². The minimum atomic E-state index is -4.35. The first-order chi connectivity index (χ1) is 12.9. The van der Waals surface area contributed by atoms with Crippen LogP contribution in [0.1, 0.15) is 55.2 Å². The third kappa shape index (κ3) is 6.01. The number of halogens is 3. The van der Waals surface area contributed by atoms with Crippen molar-refractivity contribution in [3.63, 3.8) is 0 Å². The summed E-state index contributed by atoms with van der Waals surface area (Å²) in [5.41, 5.74) is 0.785. The van der Waals surface area contributed by atoms with Crippen LogP contribution >= 0.6 is 0 Å². The van der Waals surface area contributed by atoms with Gasteiger partial charge in [0, 0.05) is 25.6 Å². The van der Waals surface area contributed by atoms with Gasteiger partial charge in [-0.05, 0) is 30.5 Å². The topological polar surface area (TPSA) is 62.5 Å². The minimum absolute atomic E-state index is 0.221. The molecule has 0 bridgehead atoms. The molecule has 1 aromatic heterocycles. The average molecular weight is 382 g/mol. The van der Waals surface area contributed by atoms with E-state index in [-0.39, 0.29) is 6.54 Å². The molecule has 5 nitrogen and oxygen atoms in total. The number of alkyl halides is 3. The molecule has 0 spiro atoms. The largest absolute Gasteiger partial charge is 0.416 e. The second-order valence-electron chi connectivity index (χ2n) is 6.21. The highest BCUT2D eigenvalue weighted by atomic mass is 19.4. The molecule has 2 rings (SSSR count). The Morgan fingerprint density at radius 2 is 1.85 bits per heavy atom. The smallest absolute Gasteiger partial charge is 0.359 e. The van der Waals surface area contributed by atoms with Gasteiger partial charge in [-0.2, -0.15) is 13.2 Å². The van der Waals surface area contributed by atoms with Gasteiger partial charge in [0.15, 0.2) is 11.7 Å². The van der Waals surface area contributed by atoms with E-state index in [0.29, 0.717) is 29.7 Å². The Morgan fingerprint density at radius 3 is 2.48 bits per heavy atom. The van der Waals surface area contributed by atoms with Crippen LogP contribution < -0.4 is 10.6 Å². The van der Waals surface area contributed by atoms with E-state index in [4.69, 9.17) is 4.52 Å². The van der Waals surface area contributed by atoms with Crippen molar-refractivity contribution in [2.24, 2.45) is 4.99 Å². The van der Waals surface area contributed by atoms with Gasteiger partial charge in [-0.15, -0.1) is 0 Å². The zero-order valence-corrected chi connectivity index (χ0v) is 15.7. The summed E-state index contributed by atoms with van der Waals surface area (Å²) >= 11 is 0. The summed E-state index contributed by atoms with van der Waals surface area (Å²) in [5, 5.41) is 10.2. The summed E-state index contributed by atoms with van der Waals surface area (Å²) < 4.78 is 43.7. The average Bonchev–Trinajstić information content (AvgIpc) is 3.11. The number of benzene rings is 1. The lowest BCUT2D eigenvalue weighted by atomic mass is 9.99. The third-order valence-electron chi connectivity index (χ3n) is 4.35. The molecule has 0 radical (unpaired) electrons. The van der Waals surface area contributed by atoms with Gasteiger partial charge < -0.3 is 15.2 Å². The van der Waals surface area contributed by atoms with E-state index in [1.54, 1.807) is 13.1 Å². The monoisotopic (exact) mass is 382 g/mol. The molecular weight excluding hydrogens is 357 g/mol. The van der Waals surface area contributed by atoms with E-state index in [1.165, 1.54) is 6.07 Å². The van der Waals surface area contributed by atoms with Crippen molar-refractivity contribution in [2.75, 3.05) is 7.05 Å². The van der Waals surface area contributed by atoms with Crippen molar-refractivity contribution in [3.05, 3.63) is 52.9 Å². The predicted octanol–water partition coefficient (Wildman–Crippen LogP) is 4.46. The maximum absolute atomic E-state index is 12.8. The fourth-order valence-electron chi connectivity index (χ4n) is 2.75. The molecule has 2 N–H and O–H groups in total. The summed E-state index contributed by atoms with van der Waals surface area (Å²) in [4.78, 5) is 4.07. The number of hydrogen-bond donors (Lipinski definition) is 2. The van der Waals surface area contributed by atoms with Crippen LogP contribution in [-0.2, 0) is 19.3 Å². The number of rotatable bonds is 7. The highest BCUT2D eigenvalue weighted by Gasteiger charge is 2.30. The Labute approximate surface area is 157 Å². The predicted molar refractivity (Wildman–Crippen MR) is 98.3 cm³/mol. The highest BCUT2D eigenvalue weighted by Crippen LogP contribution is 2.29. The highest BCUT2D eigenvalue weighted by molar-refractivity contribution is 5.79. The lowest BCUT2D eigenvalue weighted by Crippen LogP contribution is -2.36. The van der Waals surface area contributed by atoms with E-state index < -0.39 is 11.7 Å². The quantitative estimate of drug-likeness (QED) is 0.548. The Kier molecular flexibility index (Phi) is 7.27. The van der Waals surface area contributed by atoms with Crippen LogP contribution in [0.3, 0.4) is 0 Å². The van der Waals surface area contributed by atoms with Crippen molar-refractivity contribution in [3.8, 4) is 0 Å². The first kappa shape index (κ1) is 20.8. The molecule has 0 amide bonds. The Morgan fingerprint density at radius 1 is 1.15 bits per heavy atom. The molecule has 0 atom stereocenters. The van der Waals surface area contributed by atoms with Gasteiger partial charge >= 0.3 is 6.18 Å². The number of nitrogens with zero attached hydrogens (tertiary/aromatic N) is 2.